The van der Waals surface area contributed by atoms with Gasteiger partial charge in [-0.05, 0) is 18.6 Å². The van der Waals surface area contributed by atoms with Crippen molar-refractivity contribution in [3.8, 4) is 11.5 Å². The second kappa shape index (κ2) is 5.99. The lowest BCUT2D eigenvalue weighted by Gasteiger charge is -2.08. The Kier molecular flexibility index (Phi) is 4.91. The summed E-state index contributed by atoms with van der Waals surface area (Å²) in [6.07, 6.45) is 0.809. The molecule has 0 bridgehead atoms. The van der Waals surface area contributed by atoms with Crippen molar-refractivity contribution >= 4 is 23.2 Å². The summed E-state index contributed by atoms with van der Waals surface area (Å²) in [5.74, 6) is 1.98. The highest BCUT2D eigenvalue weighted by molar-refractivity contribution is 6.32. The molecule has 0 unspecified atom stereocenters. The zero-order valence-corrected chi connectivity index (χ0v) is 9.44. The fraction of sp³-hybridized carbons (Fsp3) is 0.400. The van der Waals surface area contributed by atoms with Crippen LogP contribution in [0.5, 0.6) is 11.5 Å². The molecule has 0 saturated heterocycles. The van der Waals surface area contributed by atoms with Crippen molar-refractivity contribution in [3.05, 3.63) is 23.2 Å². The Balaban J connectivity index is 2.59. The maximum atomic E-state index is 5.95. The predicted molar refractivity (Wildman–Crippen MR) is 58.8 cm³/mol. The average molecular weight is 235 g/mol. The van der Waals surface area contributed by atoms with Crippen LogP contribution in [0.3, 0.4) is 0 Å². The molecule has 0 N–H and O–H groups in total. The van der Waals surface area contributed by atoms with Crippen molar-refractivity contribution < 1.29 is 9.47 Å². The van der Waals surface area contributed by atoms with Crippen molar-refractivity contribution in [1.82, 2.24) is 0 Å². The maximum Gasteiger partial charge on any atom is 0.138 e. The third-order valence-corrected chi connectivity index (χ3v) is 2.24. The van der Waals surface area contributed by atoms with Crippen molar-refractivity contribution in [2.45, 2.75) is 6.42 Å². The molecule has 14 heavy (non-hydrogen) atoms. The number of methoxy groups -OCH3 is 1. The van der Waals surface area contributed by atoms with Gasteiger partial charge >= 0.3 is 0 Å². The summed E-state index contributed by atoms with van der Waals surface area (Å²) < 4.78 is 10.4. The summed E-state index contributed by atoms with van der Waals surface area (Å²) in [7, 11) is 1.60. The summed E-state index contributed by atoms with van der Waals surface area (Å²) in [6, 6.07) is 5.31. The quantitative estimate of drug-likeness (QED) is 0.575. The molecule has 0 spiro atoms. The molecule has 78 valence electrons. The number of alkyl halides is 1. The zero-order chi connectivity index (χ0) is 10.4. The van der Waals surface area contributed by atoms with Gasteiger partial charge in [0.2, 0.25) is 0 Å². The van der Waals surface area contributed by atoms with Gasteiger partial charge < -0.3 is 9.47 Å². The standard InChI is InChI=1S/C10H12Cl2O2/c1-13-8-3-4-10(9(12)7-8)14-6-2-5-11/h3-4,7H,2,5-6H2,1H3. The van der Waals surface area contributed by atoms with E-state index in [-0.39, 0.29) is 0 Å². The lowest BCUT2D eigenvalue weighted by molar-refractivity contribution is 0.317. The van der Waals surface area contributed by atoms with E-state index in [1.54, 1.807) is 19.2 Å². The Labute approximate surface area is 93.7 Å². The van der Waals surface area contributed by atoms with E-state index in [2.05, 4.69) is 0 Å². The van der Waals surface area contributed by atoms with Crippen LogP contribution < -0.4 is 9.47 Å². The minimum Gasteiger partial charge on any atom is -0.497 e. The first-order chi connectivity index (χ1) is 6.77. The smallest absolute Gasteiger partial charge is 0.138 e. The molecule has 2 nitrogen and oxygen atoms in total. The van der Waals surface area contributed by atoms with Gasteiger partial charge in [-0.3, -0.25) is 0 Å². The number of halogens is 2. The van der Waals surface area contributed by atoms with E-state index in [0.717, 1.165) is 12.2 Å². The number of ether oxygens (including phenoxy) is 2. The predicted octanol–water partition coefficient (Wildman–Crippen LogP) is 3.36. The van der Waals surface area contributed by atoms with Crippen LogP contribution in [-0.2, 0) is 0 Å². The number of benzene rings is 1. The fourth-order valence-corrected chi connectivity index (χ4v) is 1.30. The molecule has 0 atom stereocenters. The first-order valence-electron chi connectivity index (χ1n) is 4.30. The minimum atomic E-state index is 0.555. The van der Waals surface area contributed by atoms with Crippen LogP contribution in [0.15, 0.2) is 18.2 Å². The summed E-state index contributed by atoms with van der Waals surface area (Å²) in [4.78, 5) is 0. The van der Waals surface area contributed by atoms with Crippen LogP contribution in [0.1, 0.15) is 6.42 Å². The molecule has 0 aliphatic carbocycles. The topological polar surface area (TPSA) is 18.5 Å². The van der Waals surface area contributed by atoms with E-state index < -0.39 is 0 Å². The second-order valence-electron chi connectivity index (χ2n) is 2.69. The Morgan fingerprint density at radius 1 is 1.36 bits per heavy atom. The van der Waals surface area contributed by atoms with Crippen LogP contribution in [0.2, 0.25) is 5.02 Å². The highest BCUT2D eigenvalue weighted by Gasteiger charge is 2.02. The van der Waals surface area contributed by atoms with Gasteiger partial charge in [-0.25, -0.2) is 0 Å². The summed E-state index contributed by atoms with van der Waals surface area (Å²) >= 11 is 11.5. The second-order valence-corrected chi connectivity index (χ2v) is 3.47. The van der Waals surface area contributed by atoms with Crippen LogP contribution >= 0.6 is 23.2 Å². The summed E-state index contributed by atoms with van der Waals surface area (Å²) in [5, 5.41) is 0.555. The molecule has 1 aromatic rings. The molecule has 0 aliphatic heterocycles. The molecular weight excluding hydrogens is 223 g/mol. The average Bonchev–Trinajstić information content (AvgIpc) is 2.20. The van der Waals surface area contributed by atoms with E-state index in [9.17, 15) is 0 Å². The van der Waals surface area contributed by atoms with Gasteiger partial charge in [0, 0.05) is 11.9 Å². The Hall–Kier alpha value is -0.600. The van der Waals surface area contributed by atoms with E-state index in [1.165, 1.54) is 0 Å². The van der Waals surface area contributed by atoms with Crippen molar-refractivity contribution in [3.63, 3.8) is 0 Å². The van der Waals surface area contributed by atoms with Crippen molar-refractivity contribution in [2.75, 3.05) is 19.6 Å². The number of hydrogen-bond donors (Lipinski definition) is 0. The van der Waals surface area contributed by atoms with Crippen LogP contribution in [0, 0.1) is 0 Å². The maximum absolute atomic E-state index is 5.95. The number of hydrogen-bond acceptors (Lipinski definition) is 2. The molecular formula is C10H12Cl2O2. The normalized spacial score (nSPS) is 9.93. The Morgan fingerprint density at radius 2 is 2.14 bits per heavy atom. The van der Waals surface area contributed by atoms with Crippen LogP contribution in [0.4, 0.5) is 0 Å². The van der Waals surface area contributed by atoms with Crippen molar-refractivity contribution in [2.24, 2.45) is 0 Å². The van der Waals surface area contributed by atoms with Gasteiger partial charge in [0.25, 0.3) is 0 Å². The molecule has 0 radical (unpaired) electrons. The monoisotopic (exact) mass is 234 g/mol. The third kappa shape index (κ3) is 3.28. The number of rotatable bonds is 5. The molecule has 0 aromatic heterocycles. The highest BCUT2D eigenvalue weighted by Crippen LogP contribution is 2.28. The van der Waals surface area contributed by atoms with Gasteiger partial charge in [-0.2, -0.15) is 0 Å². The van der Waals surface area contributed by atoms with Gasteiger partial charge in [0.05, 0.1) is 18.7 Å². The molecule has 1 rings (SSSR count). The first-order valence-corrected chi connectivity index (χ1v) is 5.21. The van der Waals surface area contributed by atoms with E-state index in [0.29, 0.717) is 23.3 Å². The van der Waals surface area contributed by atoms with E-state index in [1.807, 2.05) is 6.07 Å². The molecule has 1 aromatic carbocycles. The summed E-state index contributed by atoms with van der Waals surface area (Å²) in [6.45, 7) is 0.579. The Bertz CT molecular complexity index is 289. The molecule has 0 amide bonds. The summed E-state index contributed by atoms with van der Waals surface area (Å²) in [5.41, 5.74) is 0. The highest BCUT2D eigenvalue weighted by atomic mass is 35.5. The largest absolute Gasteiger partial charge is 0.497 e. The van der Waals surface area contributed by atoms with E-state index in [4.69, 9.17) is 32.7 Å². The van der Waals surface area contributed by atoms with Crippen LogP contribution in [0.25, 0.3) is 0 Å². The van der Waals surface area contributed by atoms with Gasteiger partial charge in [0.15, 0.2) is 0 Å². The molecule has 0 fully saturated rings. The molecule has 0 saturated carbocycles. The van der Waals surface area contributed by atoms with Crippen LogP contribution in [-0.4, -0.2) is 19.6 Å². The van der Waals surface area contributed by atoms with E-state index >= 15 is 0 Å². The lowest BCUT2D eigenvalue weighted by Crippen LogP contribution is -1.98. The molecule has 0 heterocycles. The molecule has 4 heteroatoms. The SMILES string of the molecule is COc1ccc(OCCCCl)c(Cl)c1. The fourth-order valence-electron chi connectivity index (χ4n) is 0.962. The van der Waals surface area contributed by atoms with Gasteiger partial charge in [-0.15, -0.1) is 11.6 Å². The van der Waals surface area contributed by atoms with Gasteiger partial charge in [0.1, 0.15) is 11.5 Å². The first kappa shape index (κ1) is 11.5. The Morgan fingerprint density at radius 3 is 2.71 bits per heavy atom. The third-order valence-electron chi connectivity index (χ3n) is 1.67. The van der Waals surface area contributed by atoms with Crippen molar-refractivity contribution in [1.29, 1.82) is 0 Å². The zero-order valence-electron chi connectivity index (χ0n) is 7.93. The van der Waals surface area contributed by atoms with Gasteiger partial charge in [-0.1, -0.05) is 11.6 Å². The molecule has 0 aliphatic rings. The minimum absolute atomic E-state index is 0.555. The lowest BCUT2D eigenvalue weighted by atomic mass is 10.3.